The lowest BCUT2D eigenvalue weighted by molar-refractivity contribution is -0.113. The quantitative estimate of drug-likeness (QED) is 0.858. The summed E-state index contributed by atoms with van der Waals surface area (Å²) >= 11 is 1.29. The Morgan fingerprint density at radius 1 is 1.27 bits per heavy atom. The first-order valence-corrected chi connectivity index (χ1v) is 8.64. The van der Waals surface area contributed by atoms with E-state index < -0.39 is 0 Å². The van der Waals surface area contributed by atoms with Crippen LogP contribution in [0.3, 0.4) is 0 Å². The molecule has 1 N–H and O–H groups in total. The van der Waals surface area contributed by atoms with Crippen molar-refractivity contribution in [3.63, 3.8) is 0 Å². The minimum atomic E-state index is -0.0471. The van der Waals surface area contributed by atoms with Crippen molar-refractivity contribution in [2.24, 2.45) is 0 Å². The molecule has 0 radical (unpaired) electrons. The van der Waals surface area contributed by atoms with Crippen molar-refractivity contribution in [1.29, 1.82) is 0 Å². The van der Waals surface area contributed by atoms with Gasteiger partial charge in [-0.2, -0.15) is 0 Å². The topological polar surface area (TPSA) is 68.0 Å². The van der Waals surface area contributed by atoms with E-state index in [1.807, 2.05) is 6.07 Å². The van der Waals surface area contributed by atoms with Crippen LogP contribution in [0.15, 0.2) is 27.8 Å². The molecule has 114 valence electrons. The number of anilines is 1. The van der Waals surface area contributed by atoms with Gasteiger partial charge in [0.1, 0.15) is 0 Å². The van der Waals surface area contributed by atoms with Crippen molar-refractivity contribution in [3.05, 3.63) is 35.2 Å². The second-order valence-electron chi connectivity index (χ2n) is 5.85. The lowest BCUT2D eigenvalue weighted by Crippen LogP contribution is -2.14. The number of aromatic nitrogens is 2. The van der Waals surface area contributed by atoms with Gasteiger partial charge in [-0.05, 0) is 55.4 Å². The maximum Gasteiger partial charge on any atom is 0.277 e. The van der Waals surface area contributed by atoms with E-state index >= 15 is 0 Å². The van der Waals surface area contributed by atoms with E-state index in [1.165, 1.54) is 29.3 Å². The van der Waals surface area contributed by atoms with Crippen LogP contribution in [0.2, 0.25) is 0 Å². The number of aryl methyl sites for hydroxylation is 2. The summed E-state index contributed by atoms with van der Waals surface area (Å²) in [6.45, 7) is 0. The number of hydrogen-bond acceptors (Lipinski definition) is 5. The van der Waals surface area contributed by atoms with E-state index in [0.29, 0.717) is 17.0 Å². The van der Waals surface area contributed by atoms with Gasteiger partial charge in [0.2, 0.25) is 11.8 Å². The van der Waals surface area contributed by atoms with Gasteiger partial charge in [0.25, 0.3) is 5.22 Å². The van der Waals surface area contributed by atoms with E-state index in [1.54, 1.807) is 0 Å². The van der Waals surface area contributed by atoms with E-state index in [0.717, 1.165) is 31.4 Å². The Labute approximate surface area is 132 Å². The monoisotopic (exact) mass is 315 g/mol. The van der Waals surface area contributed by atoms with E-state index in [-0.39, 0.29) is 11.7 Å². The summed E-state index contributed by atoms with van der Waals surface area (Å²) in [5.41, 5.74) is 3.64. The number of carbonyl (C=O) groups excluding carboxylic acids is 1. The van der Waals surface area contributed by atoms with Crippen LogP contribution in [-0.4, -0.2) is 21.9 Å². The lowest BCUT2D eigenvalue weighted by Gasteiger charge is -2.06. The molecule has 0 saturated heterocycles. The molecule has 0 spiro atoms. The summed E-state index contributed by atoms with van der Waals surface area (Å²) in [5.74, 6) is 1.39. The maximum absolute atomic E-state index is 12.0. The summed E-state index contributed by atoms with van der Waals surface area (Å²) in [4.78, 5) is 12.0. The Morgan fingerprint density at radius 3 is 3.00 bits per heavy atom. The van der Waals surface area contributed by atoms with E-state index in [2.05, 4.69) is 27.6 Å². The smallest absolute Gasteiger partial charge is 0.277 e. The van der Waals surface area contributed by atoms with Gasteiger partial charge in [-0.25, -0.2) is 0 Å². The molecule has 1 aromatic carbocycles. The first-order chi connectivity index (χ1) is 10.8. The number of rotatable bonds is 5. The number of carbonyl (C=O) groups is 1. The molecule has 4 rings (SSSR count). The second kappa shape index (κ2) is 5.76. The first kappa shape index (κ1) is 13.8. The molecule has 2 aliphatic carbocycles. The van der Waals surface area contributed by atoms with Crippen LogP contribution in [0.1, 0.15) is 42.2 Å². The second-order valence-corrected chi connectivity index (χ2v) is 6.78. The number of nitrogens with zero attached hydrogens (tertiary/aromatic N) is 2. The normalized spacial score (nSPS) is 16.5. The number of hydrogen-bond donors (Lipinski definition) is 1. The van der Waals surface area contributed by atoms with Crippen LogP contribution in [-0.2, 0) is 17.6 Å². The number of amides is 1. The van der Waals surface area contributed by atoms with Crippen LogP contribution in [0.25, 0.3) is 0 Å². The Balaban J connectivity index is 1.32. The Bertz CT molecular complexity index is 709. The average molecular weight is 315 g/mol. The van der Waals surface area contributed by atoms with Gasteiger partial charge in [0.15, 0.2) is 0 Å². The highest BCUT2D eigenvalue weighted by atomic mass is 32.2. The molecule has 0 bridgehead atoms. The number of nitrogens with one attached hydrogen (secondary N) is 1. The SMILES string of the molecule is O=C(CSc1nnc(C2CC2)o1)Nc1ccc2c(c1)CCC2. The van der Waals surface area contributed by atoms with Gasteiger partial charge in [0.05, 0.1) is 5.75 Å². The zero-order valence-electron chi connectivity index (χ0n) is 12.2. The predicted octanol–water partition coefficient (Wildman–Crippen LogP) is 3.17. The van der Waals surface area contributed by atoms with Gasteiger partial charge in [-0.15, -0.1) is 10.2 Å². The Morgan fingerprint density at radius 2 is 2.14 bits per heavy atom. The summed E-state index contributed by atoms with van der Waals surface area (Å²) in [6, 6.07) is 6.18. The molecule has 2 aromatic rings. The van der Waals surface area contributed by atoms with E-state index in [9.17, 15) is 4.79 Å². The van der Waals surface area contributed by atoms with Crippen molar-refractivity contribution < 1.29 is 9.21 Å². The third-order valence-electron chi connectivity index (χ3n) is 4.06. The molecule has 1 heterocycles. The Hall–Kier alpha value is -1.82. The van der Waals surface area contributed by atoms with Crippen LogP contribution in [0.4, 0.5) is 5.69 Å². The number of fused-ring (bicyclic) bond motifs is 1. The third kappa shape index (κ3) is 3.02. The number of benzene rings is 1. The molecule has 1 amide bonds. The van der Waals surface area contributed by atoms with Gasteiger partial charge >= 0.3 is 0 Å². The molecule has 2 aliphatic rings. The molecule has 22 heavy (non-hydrogen) atoms. The summed E-state index contributed by atoms with van der Waals surface area (Å²) in [7, 11) is 0. The molecule has 0 atom stereocenters. The summed E-state index contributed by atoms with van der Waals surface area (Å²) in [6.07, 6.45) is 5.74. The third-order valence-corrected chi connectivity index (χ3v) is 4.88. The molecule has 1 aromatic heterocycles. The Kier molecular flexibility index (Phi) is 3.62. The highest BCUT2D eigenvalue weighted by Gasteiger charge is 2.29. The maximum atomic E-state index is 12.0. The van der Waals surface area contributed by atoms with Gasteiger partial charge < -0.3 is 9.73 Å². The molecule has 0 unspecified atom stereocenters. The average Bonchev–Trinajstić information content (AvgIpc) is 3.08. The zero-order chi connectivity index (χ0) is 14.9. The largest absolute Gasteiger partial charge is 0.416 e. The standard InChI is InChI=1S/C16H17N3O2S/c20-14(9-22-16-19-18-15(21-16)11-4-5-11)17-13-7-6-10-2-1-3-12(10)8-13/h6-8,11H,1-5,9H2,(H,17,20). The zero-order valence-corrected chi connectivity index (χ0v) is 13.0. The summed E-state index contributed by atoms with van der Waals surface area (Å²) in [5, 5.41) is 11.4. The first-order valence-electron chi connectivity index (χ1n) is 7.66. The van der Waals surface area contributed by atoms with Crippen LogP contribution < -0.4 is 5.32 Å². The molecule has 5 nitrogen and oxygen atoms in total. The van der Waals surface area contributed by atoms with Crippen molar-refractivity contribution >= 4 is 23.4 Å². The molecule has 0 aliphatic heterocycles. The number of thioether (sulfide) groups is 1. The van der Waals surface area contributed by atoms with Gasteiger partial charge in [-0.3, -0.25) is 4.79 Å². The van der Waals surface area contributed by atoms with Crippen LogP contribution >= 0.6 is 11.8 Å². The highest BCUT2D eigenvalue weighted by molar-refractivity contribution is 7.99. The summed E-state index contributed by atoms with van der Waals surface area (Å²) < 4.78 is 5.53. The lowest BCUT2D eigenvalue weighted by atomic mass is 10.1. The predicted molar refractivity (Wildman–Crippen MR) is 84.1 cm³/mol. The fraction of sp³-hybridized carbons (Fsp3) is 0.438. The van der Waals surface area contributed by atoms with Crippen LogP contribution in [0, 0.1) is 0 Å². The van der Waals surface area contributed by atoms with Crippen LogP contribution in [0.5, 0.6) is 0 Å². The van der Waals surface area contributed by atoms with Crippen molar-refractivity contribution in [3.8, 4) is 0 Å². The van der Waals surface area contributed by atoms with Crippen molar-refractivity contribution in [1.82, 2.24) is 10.2 Å². The van der Waals surface area contributed by atoms with Crippen molar-refractivity contribution in [2.75, 3.05) is 11.1 Å². The fourth-order valence-corrected chi connectivity index (χ4v) is 3.32. The molecule has 1 fully saturated rings. The molecular formula is C16H17N3O2S. The fourth-order valence-electron chi connectivity index (χ4n) is 2.75. The van der Waals surface area contributed by atoms with Gasteiger partial charge in [0, 0.05) is 11.6 Å². The molecule has 1 saturated carbocycles. The minimum absolute atomic E-state index is 0.0471. The molecular weight excluding hydrogens is 298 g/mol. The van der Waals surface area contributed by atoms with Crippen molar-refractivity contribution in [2.45, 2.75) is 43.2 Å². The van der Waals surface area contributed by atoms with E-state index in [4.69, 9.17) is 4.42 Å². The highest BCUT2D eigenvalue weighted by Crippen LogP contribution is 2.39. The minimum Gasteiger partial charge on any atom is -0.416 e. The molecule has 6 heteroatoms. The van der Waals surface area contributed by atoms with Gasteiger partial charge in [-0.1, -0.05) is 17.8 Å².